The van der Waals surface area contributed by atoms with E-state index in [2.05, 4.69) is 34.4 Å². The first-order valence-corrected chi connectivity index (χ1v) is 11.1. The van der Waals surface area contributed by atoms with Crippen molar-refractivity contribution >= 4 is 35.8 Å². The third-order valence-corrected chi connectivity index (χ3v) is 6.06. The van der Waals surface area contributed by atoms with Gasteiger partial charge in [0, 0.05) is 40.3 Å². The maximum absolute atomic E-state index is 12.7. The summed E-state index contributed by atoms with van der Waals surface area (Å²) in [5.41, 5.74) is -0.302. The molecule has 1 aliphatic carbocycles. The molecule has 1 amide bonds. The normalized spacial score (nSPS) is 20.6. The lowest BCUT2D eigenvalue weighted by molar-refractivity contribution is -0.138. The smallest absolute Gasteiger partial charge is 0.230 e. The third kappa shape index (κ3) is 8.57. The van der Waals surface area contributed by atoms with Gasteiger partial charge < -0.3 is 25.3 Å². The lowest BCUT2D eigenvalue weighted by Gasteiger charge is -2.29. The Kier molecular flexibility index (Phi) is 12.4. The highest BCUT2D eigenvalue weighted by molar-refractivity contribution is 14.0. The van der Waals surface area contributed by atoms with E-state index in [1.807, 2.05) is 14.1 Å². The molecule has 2 N–H and O–H groups in total. The van der Waals surface area contributed by atoms with Gasteiger partial charge in [-0.25, -0.2) is 0 Å². The highest BCUT2D eigenvalue weighted by atomic mass is 127. The van der Waals surface area contributed by atoms with E-state index in [9.17, 15) is 4.79 Å². The van der Waals surface area contributed by atoms with Gasteiger partial charge in [-0.15, -0.1) is 24.0 Å². The lowest BCUT2D eigenvalue weighted by Crippen LogP contribution is -2.43. The second-order valence-electron chi connectivity index (χ2n) is 8.66. The number of hydrogen-bond donors (Lipinski definition) is 2. The fourth-order valence-electron chi connectivity index (χ4n) is 4.37. The van der Waals surface area contributed by atoms with Crippen molar-refractivity contribution in [2.75, 3.05) is 73.5 Å². The van der Waals surface area contributed by atoms with Crippen LogP contribution in [-0.4, -0.2) is 100 Å². The van der Waals surface area contributed by atoms with E-state index in [4.69, 9.17) is 4.99 Å². The van der Waals surface area contributed by atoms with E-state index in [1.54, 1.807) is 4.90 Å². The molecule has 7 nitrogen and oxygen atoms in total. The number of carbonyl (C=O) groups is 1. The summed E-state index contributed by atoms with van der Waals surface area (Å²) in [6.45, 7) is 10.3. The Morgan fingerprint density at radius 2 is 1.79 bits per heavy atom. The van der Waals surface area contributed by atoms with Gasteiger partial charge in [0.05, 0.1) is 12.0 Å². The number of likely N-dealkylation sites (N-methyl/N-ethyl adjacent to an activating group) is 1. The van der Waals surface area contributed by atoms with Gasteiger partial charge in [-0.2, -0.15) is 0 Å². The number of rotatable bonds is 8. The monoisotopic (exact) mass is 522 g/mol. The standard InChI is InChI=1S/C21H42N6O.HI/c1-5-22-20(23-12-8-14-27-15-9-13-26(4)16-17-27)24-18-21(10-6-7-11-21)19(28)25(2)3;/h5-18H2,1-4H3,(H2,22,23,24);1H. The number of carbonyl (C=O) groups excluding carboxylic acids is 1. The van der Waals surface area contributed by atoms with Gasteiger partial charge in [0.2, 0.25) is 5.91 Å². The first kappa shape index (κ1) is 26.4. The van der Waals surface area contributed by atoms with Gasteiger partial charge in [-0.1, -0.05) is 12.8 Å². The Hall–Kier alpha value is -0.610. The molecule has 0 radical (unpaired) electrons. The molecular formula is C21H43IN6O. The Labute approximate surface area is 195 Å². The summed E-state index contributed by atoms with van der Waals surface area (Å²) >= 11 is 0. The van der Waals surface area contributed by atoms with Crippen molar-refractivity contribution in [2.45, 2.75) is 45.4 Å². The Bertz CT molecular complexity index is 507. The molecule has 2 fully saturated rings. The maximum Gasteiger partial charge on any atom is 0.230 e. The van der Waals surface area contributed by atoms with E-state index in [-0.39, 0.29) is 35.3 Å². The predicted octanol–water partition coefficient (Wildman–Crippen LogP) is 1.84. The lowest BCUT2D eigenvalue weighted by atomic mass is 9.85. The minimum atomic E-state index is -0.302. The van der Waals surface area contributed by atoms with Gasteiger partial charge in [-0.3, -0.25) is 9.79 Å². The van der Waals surface area contributed by atoms with Crippen LogP contribution in [0.3, 0.4) is 0 Å². The summed E-state index contributed by atoms with van der Waals surface area (Å²) in [6, 6.07) is 0. The first-order chi connectivity index (χ1) is 13.5. The van der Waals surface area contributed by atoms with Crippen molar-refractivity contribution in [1.29, 1.82) is 0 Å². The largest absolute Gasteiger partial charge is 0.357 e. The molecular weight excluding hydrogens is 479 g/mol. The van der Waals surface area contributed by atoms with Crippen LogP contribution in [0.2, 0.25) is 0 Å². The number of amides is 1. The van der Waals surface area contributed by atoms with Gasteiger partial charge in [0.1, 0.15) is 0 Å². The van der Waals surface area contributed by atoms with Crippen LogP contribution in [0.25, 0.3) is 0 Å². The molecule has 1 heterocycles. The molecule has 1 saturated heterocycles. The van der Waals surface area contributed by atoms with Crippen LogP contribution in [0, 0.1) is 5.41 Å². The molecule has 0 spiro atoms. The summed E-state index contributed by atoms with van der Waals surface area (Å²) in [6.07, 6.45) is 6.53. The second-order valence-corrected chi connectivity index (χ2v) is 8.66. The van der Waals surface area contributed by atoms with E-state index in [1.165, 1.54) is 32.6 Å². The number of nitrogens with zero attached hydrogens (tertiary/aromatic N) is 4. The molecule has 0 bridgehead atoms. The van der Waals surface area contributed by atoms with Crippen LogP contribution in [0.5, 0.6) is 0 Å². The number of hydrogen-bond acceptors (Lipinski definition) is 4. The Morgan fingerprint density at radius 1 is 1.07 bits per heavy atom. The molecule has 1 saturated carbocycles. The predicted molar refractivity (Wildman–Crippen MR) is 132 cm³/mol. The summed E-state index contributed by atoms with van der Waals surface area (Å²) < 4.78 is 0. The van der Waals surface area contributed by atoms with E-state index >= 15 is 0 Å². The van der Waals surface area contributed by atoms with E-state index in [0.717, 1.165) is 57.7 Å². The molecule has 0 aromatic rings. The van der Waals surface area contributed by atoms with Gasteiger partial charge in [0.25, 0.3) is 0 Å². The molecule has 8 heteroatoms. The number of nitrogens with one attached hydrogen (secondary N) is 2. The summed E-state index contributed by atoms with van der Waals surface area (Å²) in [5, 5.41) is 6.81. The molecule has 1 aliphatic heterocycles. The molecule has 29 heavy (non-hydrogen) atoms. The van der Waals surface area contributed by atoms with Crippen molar-refractivity contribution in [3.63, 3.8) is 0 Å². The molecule has 2 aliphatic rings. The van der Waals surface area contributed by atoms with Gasteiger partial charge in [0.15, 0.2) is 5.96 Å². The molecule has 0 aromatic carbocycles. The molecule has 0 atom stereocenters. The highest BCUT2D eigenvalue weighted by Crippen LogP contribution is 2.39. The van der Waals surface area contributed by atoms with Crippen molar-refractivity contribution in [2.24, 2.45) is 10.4 Å². The number of aliphatic imine (C=N–C) groups is 1. The Balaban J connectivity index is 0.00000420. The average Bonchev–Trinajstić information content (AvgIpc) is 3.06. The highest BCUT2D eigenvalue weighted by Gasteiger charge is 2.42. The number of guanidine groups is 1. The van der Waals surface area contributed by atoms with Crippen molar-refractivity contribution in [3.8, 4) is 0 Å². The maximum atomic E-state index is 12.7. The molecule has 170 valence electrons. The summed E-state index contributed by atoms with van der Waals surface area (Å²) in [7, 11) is 5.93. The van der Waals surface area contributed by atoms with Crippen molar-refractivity contribution < 1.29 is 4.79 Å². The minimum absolute atomic E-state index is 0. The number of halogens is 1. The quantitative estimate of drug-likeness (QED) is 0.221. The van der Waals surface area contributed by atoms with Crippen LogP contribution in [0.15, 0.2) is 4.99 Å². The van der Waals surface area contributed by atoms with Crippen molar-refractivity contribution in [1.82, 2.24) is 25.3 Å². The van der Waals surface area contributed by atoms with Gasteiger partial charge in [-0.05, 0) is 59.3 Å². The van der Waals surface area contributed by atoms with E-state index in [0.29, 0.717) is 6.54 Å². The molecule has 0 aromatic heterocycles. The van der Waals surface area contributed by atoms with Crippen LogP contribution in [-0.2, 0) is 4.79 Å². The van der Waals surface area contributed by atoms with Crippen LogP contribution < -0.4 is 10.6 Å². The fraction of sp³-hybridized carbons (Fsp3) is 0.905. The van der Waals surface area contributed by atoms with E-state index < -0.39 is 0 Å². The SMILES string of the molecule is CCNC(=NCC1(C(=O)N(C)C)CCCC1)NCCCN1CCCN(C)CC1.I. The molecule has 2 rings (SSSR count). The zero-order valence-corrected chi connectivity index (χ0v) is 21.3. The third-order valence-electron chi connectivity index (χ3n) is 6.06. The van der Waals surface area contributed by atoms with Gasteiger partial charge >= 0.3 is 0 Å². The average molecular weight is 523 g/mol. The van der Waals surface area contributed by atoms with Crippen LogP contribution >= 0.6 is 24.0 Å². The fourth-order valence-corrected chi connectivity index (χ4v) is 4.37. The second kappa shape index (κ2) is 13.6. The first-order valence-electron chi connectivity index (χ1n) is 11.1. The van der Waals surface area contributed by atoms with Crippen molar-refractivity contribution in [3.05, 3.63) is 0 Å². The van der Waals surface area contributed by atoms with Crippen LogP contribution in [0.4, 0.5) is 0 Å². The summed E-state index contributed by atoms with van der Waals surface area (Å²) in [4.78, 5) is 24.3. The topological polar surface area (TPSA) is 63.2 Å². The Morgan fingerprint density at radius 3 is 2.45 bits per heavy atom. The zero-order chi connectivity index (χ0) is 20.4. The van der Waals surface area contributed by atoms with Crippen LogP contribution in [0.1, 0.15) is 45.4 Å². The molecule has 0 unspecified atom stereocenters. The summed E-state index contributed by atoms with van der Waals surface area (Å²) in [5.74, 6) is 1.08. The minimum Gasteiger partial charge on any atom is -0.357 e. The zero-order valence-electron chi connectivity index (χ0n) is 19.0.